The average Bonchev–Trinajstić information content (AvgIpc) is 2.79. The highest BCUT2D eigenvalue weighted by Gasteiger charge is 2.48. The minimum Gasteiger partial charge on any atom is -0.495 e. The Balaban J connectivity index is 1.97. The number of nitrogens with one attached hydrogen (secondary N) is 1. The van der Waals surface area contributed by atoms with Gasteiger partial charge in [0.05, 0.1) is 29.7 Å². The molecule has 2 aliphatic heterocycles. The third-order valence-electron chi connectivity index (χ3n) is 3.50. The largest absolute Gasteiger partial charge is 0.495 e. The van der Waals surface area contributed by atoms with Crippen molar-refractivity contribution in [2.45, 2.75) is 11.3 Å². The van der Waals surface area contributed by atoms with Crippen LogP contribution in [0.15, 0.2) is 18.2 Å². The summed E-state index contributed by atoms with van der Waals surface area (Å²) in [6.07, 6.45) is 0. The SMILES string of the molecule is COc1ccc(N2C(=N)S[C@@H]3CS(=O)(=O)C[C@H]32)cc1Cl. The van der Waals surface area contributed by atoms with Crippen molar-refractivity contribution in [3.05, 3.63) is 23.2 Å². The fourth-order valence-corrected chi connectivity index (χ4v) is 6.66. The molecule has 3 rings (SSSR count). The van der Waals surface area contributed by atoms with Crippen LogP contribution in [0, 0.1) is 5.41 Å². The molecule has 5 nitrogen and oxygen atoms in total. The van der Waals surface area contributed by atoms with Gasteiger partial charge in [-0.05, 0) is 18.2 Å². The van der Waals surface area contributed by atoms with Crippen LogP contribution in [0.4, 0.5) is 5.69 Å². The van der Waals surface area contributed by atoms with Gasteiger partial charge in [-0.3, -0.25) is 5.41 Å². The number of ether oxygens (including phenoxy) is 1. The normalized spacial score (nSPS) is 27.7. The van der Waals surface area contributed by atoms with Crippen molar-refractivity contribution in [1.82, 2.24) is 0 Å². The lowest BCUT2D eigenvalue weighted by molar-refractivity contribution is 0.415. The second-order valence-corrected chi connectivity index (χ2v) is 8.58. The standard InChI is InChI=1S/C12H13ClN2O3S2/c1-18-10-3-2-7(4-8(10)13)15-9-5-20(16,17)6-11(9)19-12(15)14/h2-4,9,11,14H,5-6H2,1H3/t9-,11-/m1/s1. The summed E-state index contributed by atoms with van der Waals surface area (Å²) in [6, 6.07) is 5.06. The van der Waals surface area contributed by atoms with Crippen molar-refractivity contribution in [3.8, 4) is 5.75 Å². The molecule has 2 saturated heterocycles. The van der Waals surface area contributed by atoms with Gasteiger partial charge in [0.25, 0.3) is 0 Å². The summed E-state index contributed by atoms with van der Waals surface area (Å²) in [4.78, 5) is 1.76. The third kappa shape index (κ3) is 2.27. The summed E-state index contributed by atoms with van der Waals surface area (Å²) in [5.41, 5.74) is 0.734. The Bertz CT molecular complexity index is 677. The van der Waals surface area contributed by atoms with E-state index in [9.17, 15) is 8.42 Å². The first-order valence-corrected chi connectivity index (χ1v) is 9.07. The van der Waals surface area contributed by atoms with E-state index in [4.69, 9.17) is 21.7 Å². The van der Waals surface area contributed by atoms with Crippen LogP contribution in [0.1, 0.15) is 0 Å². The first-order valence-electron chi connectivity index (χ1n) is 6.00. The number of amidine groups is 1. The molecule has 0 radical (unpaired) electrons. The van der Waals surface area contributed by atoms with Gasteiger partial charge in [0.1, 0.15) is 5.75 Å². The van der Waals surface area contributed by atoms with Crippen LogP contribution in [0.5, 0.6) is 5.75 Å². The molecular formula is C12H13ClN2O3S2. The summed E-state index contributed by atoms with van der Waals surface area (Å²) >= 11 is 7.42. The fraction of sp³-hybridized carbons (Fsp3) is 0.417. The fourth-order valence-electron chi connectivity index (χ4n) is 2.61. The molecule has 0 aliphatic carbocycles. The molecule has 0 unspecified atom stereocenters. The molecule has 108 valence electrons. The zero-order chi connectivity index (χ0) is 14.5. The molecule has 0 bridgehead atoms. The van der Waals surface area contributed by atoms with Gasteiger partial charge in [-0.2, -0.15) is 0 Å². The van der Waals surface area contributed by atoms with E-state index in [-0.39, 0.29) is 22.8 Å². The van der Waals surface area contributed by atoms with E-state index in [1.165, 1.54) is 18.9 Å². The Morgan fingerprint density at radius 1 is 1.45 bits per heavy atom. The minimum absolute atomic E-state index is 0.0617. The van der Waals surface area contributed by atoms with Crippen LogP contribution in [-0.4, -0.2) is 43.5 Å². The topological polar surface area (TPSA) is 70.5 Å². The number of nitrogens with zero attached hydrogens (tertiary/aromatic N) is 1. The number of fused-ring (bicyclic) bond motifs is 1. The molecule has 0 aromatic heterocycles. The highest BCUT2D eigenvalue weighted by Crippen LogP contribution is 2.41. The second kappa shape index (κ2) is 4.82. The van der Waals surface area contributed by atoms with Gasteiger partial charge in [0, 0.05) is 10.9 Å². The van der Waals surface area contributed by atoms with E-state index in [2.05, 4.69) is 0 Å². The molecule has 20 heavy (non-hydrogen) atoms. The minimum atomic E-state index is -3.01. The number of anilines is 1. The van der Waals surface area contributed by atoms with E-state index in [0.717, 1.165) is 5.69 Å². The molecule has 2 fully saturated rings. The Morgan fingerprint density at radius 2 is 2.20 bits per heavy atom. The van der Waals surface area contributed by atoms with Gasteiger partial charge >= 0.3 is 0 Å². The number of thioether (sulfide) groups is 1. The summed E-state index contributed by atoms with van der Waals surface area (Å²) in [5, 5.41) is 8.82. The summed E-state index contributed by atoms with van der Waals surface area (Å²) < 4.78 is 28.6. The lowest BCUT2D eigenvalue weighted by Gasteiger charge is -2.24. The number of benzene rings is 1. The Kier molecular flexibility index (Phi) is 3.38. The van der Waals surface area contributed by atoms with Crippen LogP contribution >= 0.6 is 23.4 Å². The summed E-state index contributed by atoms with van der Waals surface area (Å²) in [5.74, 6) is 0.798. The van der Waals surface area contributed by atoms with Crippen molar-refractivity contribution in [1.29, 1.82) is 5.41 Å². The maximum atomic E-state index is 11.7. The summed E-state index contributed by atoms with van der Waals surface area (Å²) in [6.45, 7) is 0. The van der Waals surface area contributed by atoms with Crippen molar-refractivity contribution in [2.24, 2.45) is 0 Å². The monoisotopic (exact) mass is 332 g/mol. The van der Waals surface area contributed by atoms with E-state index in [1.54, 1.807) is 23.1 Å². The molecule has 0 amide bonds. The van der Waals surface area contributed by atoms with E-state index in [1.807, 2.05) is 0 Å². The molecule has 1 aromatic carbocycles. The van der Waals surface area contributed by atoms with Gasteiger partial charge < -0.3 is 9.64 Å². The van der Waals surface area contributed by atoms with Crippen LogP contribution in [0.25, 0.3) is 0 Å². The molecule has 2 heterocycles. The highest BCUT2D eigenvalue weighted by atomic mass is 35.5. The lowest BCUT2D eigenvalue weighted by atomic mass is 10.2. The van der Waals surface area contributed by atoms with Gasteiger partial charge in [0.15, 0.2) is 15.0 Å². The maximum Gasteiger partial charge on any atom is 0.161 e. The number of hydrogen-bond acceptors (Lipinski definition) is 5. The zero-order valence-corrected chi connectivity index (χ0v) is 13.1. The van der Waals surface area contributed by atoms with Crippen LogP contribution in [0.2, 0.25) is 5.02 Å². The van der Waals surface area contributed by atoms with Gasteiger partial charge in [-0.1, -0.05) is 23.4 Å². The molecule has 1 N–H and O–H groups in total. The van der Waals surface area contributed by atoms with E-state index < -0.39 is 9.84 Å². The van der Waals surface area contributed by atoms with Gasteiger partial charge in [-0.25, -0.2) is 8.42 Å². The van der Waals surface area contributed by atoms with Crippen LogP contribution < -0.4 is 9.64 Å². The van der Waals surface area contributed by atoms with Crippen LogP contribution in [-0.2, 0) is 9.84 Å². The average molecular weight is 333 g/mol. The number of halogens is 1. The van der Waals surface area contributed by atoms with Crippen molar-refractivity contribution in [3.63, 3.8) is 0 Å². The molecule has 0 spiro atoms. The van der Waals surface area contributed by atoms with Crippen LogP contribution in [0.3, 0.4) is 0 Å². The molecular weight excluding hydrogens is 320 g/mol. The molecule has 0 saturated carbocycles. The van der Waals surface area contributed by atoms with Crippen molar-refractivity contribution >= 4 is 44.1 Å². The summed E-state index contributed by atoms with van der Waals surface area (Å²) in [7, 11) is -1.47. The van der Waals surface area contributed by atoms with Gasteiger partial charge in [0.2, 0.25) is 0 Å². The molecule has 2 atom stereocenters. The highest BCUT2D eigenvalue weighted by molar-refractivity contribution is 8.15. The Morgan fingerprint density at radius 3 is 2.85 bits per heavy atom. The zero-order valence-electron chi connectivity index (χ0n) is 10.7. The molecule has 2 aliphatic rings. The predicted molar refractivity (Wildman–Crippen MR) is 82.0 cm³/mol. The van der Waals surface area contributed by atoms with E-state index in [0.29, 0.717) is 15.9 Å². The van der Waals surface area contributed by atoms with Gasteiger partial charge in [-0.15, -0.1) is 0 Å². The third-order valence-corrected chi connectivity index (χ3v) is 6.93. The predicted octanol–water partition coefficient (Wildman–Crippen LogP) is 2.00. The van der Waals surface area contributed by atoms with E-state index >= 15 is 0 Å². The number of methoxy groups -OCH3 is 1. The first-order chi connectivity index (χ1) is 9.41. The molecule has 8 heteroatoms. The molecule has 1 aromatic rings. The van der Waals surface area contributed by atoms with Crippen molar-refractivity contribution in [2.75, 3.05) is 23.5 Å². The number of hydrogen-bond donors (Lipinski definition) is 1. The Hall–Kier alpha value is -0.920. The smallest absolute Gasteiger partial charge is 0.161 e. The maximum absolute atomic E-state index is 11.7. The first kappa shape index (κ1) is 14.0. The number of rotatable bonds is 2. The van der Waals surface area contributed by atoms with Crippen molar-refractivity contribution < 1.29 is 13.2 Å². The quantitative estimate of drug-likeness (QED) is 0.897. The number of sulfone groups is 1. The second-order valence-electron chi connectivity index (χ2n) is 4.79. The Labute approximate surface area is 126 Å². The lowest BCUT2D eigenvalue weighted by Crippen LogP contribution is -2.37.